The summed E-state index contributed by atoms with van der Waals surface area (Å²) in [5.41, 5.74) is 0. The summed E-state index contributed by atoms with van der Waals surface area (Å²) in [7, 11) is 2.13. The van der Waals surface area contributed by atoms with Crippen molar-refractivity contribution in [2.45, 2.75) is 51.0 Å². The lowest BCUT2D eigenvalue weighted by Crippen LogP contribution is -2.42. The number of hydrogen-bond donors (Lipinski definition) is 2. The summed E-state index contributed by atoms with van der Waals surface area (Å²) in [6, 6.07) is 0.511. The third-order valence-corrected chi connectivity index (χ3v) is 4.78. The van der Waals surface area contributed by atoms with Crippen molar-refractivity contribution in [1.82, 2.24) is 20.4 Å². The molecule has 0 aromatic heterocycles. The van der Waals surface area contributed by atoms with Gasteiger partial charge in [-0.3, -0.25) is 4.79 Å². The zero-order valence-electron chi connectivity index (χ0n) is 13.8. The molecule has 1 aliphatic carbocycles. The number of carbonyl (C=O) groups excluding carboxylic acids is 2. The first kappa shape index (κ1) is 17.1. The minimum Gasteiger partial charge on any atom is -0.343 e. The second kappa shape index (κ2) is 8.98. The molecule has 0 aromatic carbocycles. The van der Waals surface area contributed by atoms with Crippen molar-refractivity contribution in [2.24, 2.45) is 0 Å². The Hall–Kier alpha value is -1.30. The number of hydrogen-bond acceptors (Lipinski definition) is 3. The number of nitrogens with one attached hydrogen (secondary N) is 2. The smallest absolute Gasteiger partial charge is 0.314 e. The molecule has 0 bridgehead atoms. The standard InChI is InChI=1S/C16H30N4O2/c1-19(14-6-2-3-7-14)13-10-18-16(22)17-9-8-15(21)20-11-4-5-12-20/h14H,2-13H2,1H3,(H2,17,18,22). The van der Waals surface area contributed by atoms with E-state index in [2.05, 4.69) is 22.6 Å². The lowest BCUT2D eigenvalue weighted by atomic mass is 10.2. The second-order valence-electron chi connectivity index (χ2n) is 6.44. The molecule has 1 saturated carbocycles. The highest BCUT2D eigenvalue weighted by molar-refractivity contribution is 5.78. The number of likely N-dealkylation sites (tertiary alicyclic amines) is 1. The van der Waals surface area contributed by atoms with Crippen LogP contribution >= 0.6 is 0 Å². The van der Waals surface area contributed by atoms with Gasteiger partial charge in [-0.15, -0.1) is 0 Å². The molecule has 2 fully saturated rings. The van der Waals surface area contributed by atoms with Gasteiger partial charge in [-0.1, -0.05) is 12.8 Å². The molecule has 22 heavy (non-hydrogen) atoms. The highest BCUT2D eigenvalue weighted by Crippen LogP contribution is 2.21. The highest BCUT2D eigenvalue weighted by Gasteiger charge is 2.19. The van der Waals surface area contributed by atoms with Crippen molar-refractivity contribution in [2.75, 3.05) is 39.8 Å². The average molecular weight is 310 g/mol. The third kappa shape index (κ3) is 5.48. The Kier molecular flexibility index (Phi) is 6.96. The molecular weight excluding hydrogens is 280 g/mol. The molecule has 0 unspecified atom stereocenters. The fraction of sp³-hybridized carbons (Fsp3) is 0.875. The molecule has 126 valence electrons. The van der Waals surface area contributed by atoms with Crippen LogP contribution in [0.1, 0.15) is 44.9 Å². The van der Waals surface area contributed by atoms with Crippen LogP contribution in [0, 0.1) is 0 Å². The third-order valence-electron chi connectivity index (χ3n) is 4.78. The summed E-state index contributed by atoms with van der Waals surface area (Å²) in [6.07, 6.45) is 7.82. The quantitative estimate of drug-likeness (QED) is 0.742. The Labute approximate surface area is 133 Å². The molecular formula is C16H30N4O2. The fourth-order valence-corrected chi connectivity index (χ4v) is 3.34. The normalized spacial score (nSPS) is 18.9. The summed E-state index contributed by atoms with van der Waals surface area (Å²) >= 11 is 0. The summed E-state index contributed by atoms with van der Waals surface area (Å²) < 4.78 is 0. The molecule has 0 spiro atoms. The number of urea groups is 1. The van der Waals surface area contributed by atoms with E-state index >= 15 is 0 Å². The maximum Gasteiger partial charge on any atom is 0.314 e. The van der Waals surface area contributed by atoms with Crippen LogP contribution in [0.15, 0.2) is 0 Å². The van der Waals surface area contributed by atoms with E-state index in [9.17, 15) is 9.59 Å². The molecule has 0 atom stereocenters. The minimum absolute atomic E-state index is 0.152. The Morgan fingerprint density at radius 3 is 2.36 bits per heavy atom. The molecule has 1 aliphatic heterocycles. The van der Waals surface area contributed by atoms with E-state index in [0.29, 0.717) is 25.6 Å². The van der Waals surface area contributed by atoms with Gasteiger partial charge in [0, 0.05) is 45.2 Å². The van der Waals surface area contributed by atoms with Gasteiger partial charge in [-0.2, -0.15) is 0 Å². The Morgan fingerprint density at radius 1 is 1.05 bits per heavy atom. The van der Waals surface area contributed by atoms with Crippen molar-refractivity contribution in [3.8, 4) is 0 Å². The number of amides is 3. The maximum absolute atomic E-state index is 11.8. The van der Waals surface area contributed by atoms with Crippen molar-refractivity contribution in [1.29, 1.82) is 0 Å². The van der Waals surface area contributed by atoms with E-state index < -0.39 is 0 Å². The van der Waals surface area contributed by atoms with Crippen molar-refractivity contribution in [3.63, 3.8) is 0 Å². The lowest BCUT2D eigenvalue weighted by Gasteiger charge is -2.23. The number of rotatable bonds is 7. The number of carbonyl (C=O) groups is 2. The van der Waals surface area contributed by atoms with Gasteiger partial charge in [0.1, 0.15) is 0 Å². The molecule has 3 amide bonds. The van der Waals surface area contributed by atoms with Gasteiger partial charge in [0.15, 0.2) is 0 Å². The van der Waals surface area contributed by atoms with Gasteiger partial charge in [0.05, 0.1) is 0 Å². The first-order valence-electron chi connectivity index (χ1n) is 8.66. The first-order valence-corrected chi connectivity index (χ1v) is 8.66. The van der Waals surface area contributed by atoms with Crippen LogP contribution in [0.25, 0.3) is 0 Å². The topological polar surface area (TPSA) is 64.7 Å². The maximum atomic E-state index is 11.8. The van der Waals surface area contributed by atoms with E-state index in [1.54, 1.807) is 0 Å². The Bertz CT molecular complexity index is 363. The van der Waals surface area contributed by atoms with E-state index in [1.807, 2.05) is 4.90 Å². The molecule has 6 nitrogen and oxygen atoms in total. The Balaban J connectivity index is 1.49. The lowest BCUT2D eigenvalue weighted by molar-refractivity contribution is -0.129. The van der Waals surface area contributed by atoms with E-state index in [-0.39, 0.29) is 11.9 Å². The van der Waals surface area contributed by atoms with Crippen LogP contribution in [0.4, 0.5) is 4.79 Å². The number of nitrogens with zero attached hydrogens (tertiary/aromatic N) is 2. The van der Waals surface area contributed by atoms with Crippen LogP contribution in [-0.4, -0.2) is 67.6 Å². The van der Waals surface area contributed by atoms with Crippen molar-refractivity contribution in [3.05, 3.63) is 0 Å². The summed E-state index contributed by atoms with van der Waals surface area (Å²) in [6.45, 7) is 3.69. The highest BCUT2D eigenvalue weighted by atomic mass is 16.2. The summed E-state index contributed by atoms with van der Waals surface area (Å²) in [5.74, 6) is 0.152. The van der Waals surface area contributed by atoms with E-state index in [1.165, 1.54) is 25.7 Å². The van der Waals surface area contributed by atoms with Gasteiger partial charge >= 0.3 is 6.03 Å². The molecule has 0 radical (unpaired) electrons. The van der Waals surface area contributed by atoms with Crippen LogP contribution in [0.3, 0.4) is 0 Å². The van der Waals surface area contributed by atoms with Gasteiger partial charge in [0.25, 0.3) is 0 Å². The zero-order valence-corrected chi connectivity index (χ0v) is 13.8. The van der Waals surface area contributed by atoms with Gasteiger partial charge < -0.3 is 20.4 Å². The number of likely N-dealkylation sites (N-methyl/N-ethyl adjacent to an activating group) is 1. The molecule has 2 rings (SSSR count). The molecule has 0 aromatic rings. The minimum atomic E-state index is -0.172. The van der Waals surface area contributed by atoms with Crippen molar-refractivity contribution >= 4 is 11.9 Å². The SMILES string of the molecule is CN(CCNC(=O)NCCC(=O)N1CCCC1)C1CCCC1. The second-order valence-corrected chi connectivity index (χ2v) is 6.44. The predicted octanol–water partition coefficient (Wildman–Crippen LogP) is 1.17. The van der Waals surface area contributed by atoms with Crippen LogP contribution in [0.2, 0.25) is 0 Å². The molecule has 2 N–H and O–H groups in total. The van der Waals surface area contributed by atoms with Gasteiger partial charge in [-0.25, -0.2) is 4.79 Å². The molecule has 1 heterocycles. The monoisotopic (exact) mass is 310 g/mol. The van der Waals surface area contributed by atoms with Crippen LogP contribution in [-0.2, 0) is 4.79 Å². The van der Waals surface area contributed by atoms with Crippen LogP contribution < -0.4 is 10.6 Å². The van der Waals surface area contributed by atoms with E-state index in [4.69, 9.17) is 0 Å². The molecule has 6 heteroatoms. The molecule has 1 saturated heterocycles. The van der Waals surface area contributed by atoms with Gasteiger partial charge in [-0.05, 0) is 32.7 Å². The first-order chi connectivity index (χ1) is 10.7. The van der Waals surface area contributed by atoms with E-state index in [0.717, 1.165) is 32.5 Å². The van der Waals surface area contributed by atoms with Crippen LogP contribution in [0.5, 0.6) is 0 Å². The van der Waals surface area contributed by atoms with Gasteiger partial charge in [0.2, 0.25) is 5.91 Å². The fourth-order valence-electron chi connectivity index (χ4n) is 3.34. The molecule has 2 aliphatic rings. The zero-order chi connectivity index (χ0) is 15.8. The predicted molar refractivity (Wildman–Crippen MR) is 86.7 cm³/mol. The van der Waals surface area contributed by atoms with Crippen molar-refractivity contribution < 1.29 is 9.59 Å². The Morgan fingerprint density at radius 2 is 1.68 bits per heavy atom. The summed E-state index contributed by atoms with van der Waals surface area (Å²) in [4.78, 5) is 27.7. The summed E-state index contributed by atoms with van der Waals surface area (Å²) in [5, 5.41) is 5.63. The largest absolute Gasteiger partial charge is 0.343 e. The average Bonchev–Trinajstić information content (AvgIpc) is 3.20.